The van der Waals surface area contributed by atoms with Gasteiger partial charge in [-0.1, -0.05) is 97.1 Å². The Bertz CT molecular complexity index is 789. The van der Waals surface area contributed by atoms with Gasteiger partial charge in [-0.15, -0.1) is 0 Å². The molecule has 1 nitrogen and oxygen atoms in total. The second-order valence-electron chi connectivity index (χ2n) is 5.41. The number of benzene rings is 3. The molecule has 3 aromatic rings. The molecule has 3 rings (SSSR count). The first-order chi connectivity index (χ1) is 11.9. The van der Waals surface area contributed by atoms with Gasteiger partial charge in [0.2, 0.25) is 0 Å². The van der Waals surface area contributed by atoms with Gasteiger partial charge in [-0.2, -0.15) is 0 Å². The zero-order valence-electron chi connectivity index (χ0n) is 13.7. The van der Waals surface area contributed by atoms with Crippen LogP contribution in [0.25, 0.3) is 11.6 Å². The number of allylic oxidation sites excluding steroid dienone is 2. The van der Waals surface area contributed by atoms with E-state index in [0.717, 1.165) is 11.3 Å². The summed E-state index contributed by atoms with van der Waals surface area (Å²) >= 11 is 0. The molecule has 0 N–H and O–H groups in total. The minimum absolute atomic E-state index is 0.878. The summed E-state index contributed by atoms with van der Waals surface area (Å²) in [6.07, 6.45) is 6.30. The molecule has 0 heterocycles. The third-order valence-electron chi connectivity index (χ3n) is 3.85. The van der Waals surface area contributed by atoms with E-state index in [4.69, 9.17) is 4.74 Å². The molecule has 0 bridgehead atoms. The van der Waals surface area contributed by atoms with E-state index in [0.29, 0.717) is 0 Å². The van der Waals surface area contributed by atoms with Crippen LogP contribution < -0.4 is 4.74 Å². The summed E-state index contributed by atoms with van der Waals surface area (Å²) in [7, 11) is 1.70. The van der Waals surface area contributed by atoms with E-state index in [2.05, 4.69) is 66.8 Å². The Labute approximate surface area is 143 Å². The maximum absolute atomic E-state index is 5.40. The molecule has 3 aromatic carbocycles. The average Bonchev–Trinajstić information content (AvgIpc) is 2.67. The molecule has 0 saturated carbocycles. The number of ether oxygens (including phenoxy) is 1. The molecule has 0 aliphatic heterocycles. The molecule has 0 aromatic heterocycles. The highest BCUT2D eigenvalue weighted by atomic mass is 16.5. The normalized spacial score (nSPS) is 10.5. The van der Waals surface area contributed by atoms with Gasteiger partial charge in [0.15, 0.2) is 0 Å². The van der Waals surface area contributed by atoms with Crippen LogP contribution in [0.1, 0.15) is 16.7 Å². The van der Waals surface area contributed by atoms with Crippen molar-refractivity contribution in [2.75, 3.05) is 7.11 Å². The predicted molar refractivity (Wildman–Crippen MR) is 102 cm³/mol. The number of hydrogen-bond acceptors (Lipinski definition) is 1. The first-order valence-electron chi connectivity index (χ1n) is 8.01. The molecule has 24 heavy (non-hydrogen) atoms. The van der Waals surface area contributed by atoms with Crippen LogP contribution in [0.3, 0.4) is 0 Å². The molecule has 0 saturated heterocycles. The Morgan fingerprint density at radius 2 is 1.25 bits per heavy atom. The van der Waals surface area contributed by atoms with E-state index < -0.39 is 0 Å². The smallest absolute Gasteiger partial charge is 0.126 e. The van der Waals surface area contributed by atoms with E-state index in [-0.39, 0.29) is 0 Å². The Hall–Kier alpha value is -3.06. The maximum Gasteiger partial charge on any atom is 0.126 e. The predicted octanol–water partition coefficient (Wildman–Crippen LogP) is 5.84. The zero-order valence-corrected chi connectivity index (χ0v) is 13.7. The summed E-state index contributed by atoms with van der Waals surface area (Å²) in [5.41, 5.74) is 4.67. The van der Waals surface area contributed by atoms with Crippen LogP contribution in [0, 0.1) is 0 Å². The molecule has 0 fully saturated rings. The zero-order chi connectivity index (χ0) is 16.6. The summed E-state index contributed by atoms with van der Waals surface area (Å²) in [6, 6.07) is 28.9. The van der Waals surface area contributed by atoms with Crippen LogP contribution in [0.4, 0.5) is 0 Å². The Morgan fingerprint density at radius 3 is 1.83 bits per heavy atom. The van der Waals surface area contributed by atoms with Gasteiger partial charge >= 0.3 is 0 Å². The number of para-hydroxylation sites is 1. The van der Waals surface area contributed by atoms with Crippen molar-refractivity contribution in [2.24, 2.45) is 0 Å². The van der Waals surface area contributed by atoms with Crippen molar-refractivity contribution in [3.8, 4) is 5.75 Å². The molecule has 0 aliphatic rings. The van der Waals surface area contributed by atoms with Crippen molar-refractivity contribution >= 4 is 11.6 Å². The molecular weight excluding hydrogens is 292 g/mol. The fraction of sp³-hybridized carbons (Fsp3) is 0.0435. The van der Waals surface area contributed by atoms with Crippen LogP contribution in [0.2, 0.25) is 0 Å². The van der Waals surface area contributed by atoms with E-state index in [1.54, 1.807) is 7.11 Å². The fourth-order valence-electron chi connectivity index (χ4n) is 2.65. The third-order valence-corrected chi connectivity index (χ3v) is 3.85. The molecule has 0 aliphatic carbocycles. The van der Waals surface area contributed by atoms with Crippen molar-refractivity contribution in [3.63, 3.8) is 0 Å². The first-order valence-corrected chi connectivity index (χ1v) is 8.01. The number of hydrogen-bond donors (Lipinski definition) is 0. The second kappa shape index (κ2) is 7.98. The molecule has 118 valence electrons. The van der Waals surface area contributed by atoms with Gasteiger partial charge in [-0.3, -0.25) is 0 Å². The Kier molecular flexibility index (Phi) is 5.26. The second-order valence-corrected chi connectivity index (χ2v) is 5.41. The third kappa shape index (κ3) is 3.82. The summed E-state index contributed by atoms with van der Waals surface area (Å²) in [5, 5.41) is 0. The van der Waals surface area contributed by atoms with Crippen LogP contribution >= 0.6 is 0 Å². The first kappa shape index (κ1) is 15.8. The van der Waals surface area contributed by atoms with Gasteiger partial charge in [-0.25, -0.2) is 0 Å². The van der Waals surface area contributed by atoms with Crippen molar-refractivity contribution in [3.05, 3.63) is 114 Å². The van der Waals surface area contributed by atoms with Gasteiger partial charge in [0.25, 0.3) is 0 Å². The van der Waals surface area contributed by atoms with Crippen molar-refractivity contribution in [1.29, 1.82) is 0 Å². The monoisotopic (exact) mass is 312 g/mol. The lowest BCUT2D eigenvalue weighted by atomic mass is 9.97. The van der Waals surface area contributed by atoms with Gasteiger partial charge in [-0.05, 0) is 22.8 Å². The van der Waals surface area contributed by atoms with Crippen molar-refractivity contribution in [2.45, 2.75) is 0 Å². The molecule has 0 atom stereocenters. The molecule has 0 amide bonds. The van der Waals surface area contributed by atoms with Gasteiger partial charge in [0, 0.05) is 5.56 Å². The summed E-state index contributed by atoms with van der Waals surface area (Å²) in [4.78, 5) is 0. The van der Waals surface area contributed by atoms with Crippen molar-refractivity contribution < 1.29 is 4.74 Å². The van der Waals surface area contributed by atoms with Gasteiger partial charge < -0.3 is 4.74 Å². The fourth-order valence-corrected chi connectivity index (χ4v) is 2.65. The van der Waals surface area contributed by atoms with E-state index in [1.807, 2.05) is 36.4 Å². The molecular formula is C23H20O. The van der Waals surface area contributed by atoms with Crippen LogP contribution in [0.15, 0.2) is 97.1 Å². The molecule has 0 unspecified atom stereocenters. The lowest BCUT2D eigenvalue weighted by molar-refractivity contribution is 0.414. The van der Waals surface area contributed by atoms with Gasteiger partial charge in [0.05, 0.1) is 7.11 Å². The minimum atomic E-state index is 0.878. The van der Waals surface area contributed by atoms with Crippen LogP contribution in [0.5, 0.6) is 5.75 Å². The van der Waals surface area contributed by atoms with E-state index in [1.165, 1.54) is 16.7 Å². The lowest BCUT2D eigenvalue weighted by Gasteiger charge is -2.07. The highest BCUT2D eigenvalue weighted by Gasteiger charge is 2.03. The minimum Gasteiger partial charge on any atom is -0.496 e. The molecule has 0 spiro atoms. The summed E-state index contributed by atoms with van der Waals surface area (Å²) < 4.78 is 5.40. The number of rotatable bonds is 5. The summed E-state index contributed by atoms with van der Waals surface area (Å²) in [6.45, 7) is 0. The average molecular weight is 312 g/mol. The summed E-state index contributed by atoms with van der Waals surface area (Å²) in [5.74, 6) is 0.878. The highest BCUT2D eigenvalue weighted by molar-refractivity contribution is 5.81. The molecule has 1 heteroatoms. The Morgan fingerprint density at radius 1 is 0.708 bits per heavy atom. The van der Waals surface area contributed by atoms with Crippen LogP contribution in [-0.2, 0) is 0 Å². The SMILES string of the molecule is COc1ccccc1/C=C/C=C(c1ccccc1)c1ccccc1. The number of methoxy groups -OCH3 is 1. The van der Waals surface area contributed by atoms with Crippen molar-refractivity contribution in [1.82, 2.24) is 0 Å². The maximum atomic E-state index is 5.40. The highest BCUT2D eigenvalue weighted by Crippen LogP contribution is 2.24. The standard InChI is InChI=1S/C23H20O/c1-24-23-18-9-8-15-21(23)16-10-17-22(19-11-4-2-5-12-19)20-13-6-3-7-14-20/h2-18H,1H3/b16-10+. The van der Waals surface area contributed by atoms with E-state index >= 15 is 0 Å². The Balaban J connectivity index is 1.97. The largest absolute Gasteiger partial charge is 0.496 e. The topological polar surface area (TPSA) is 9.23 Å². The van der Waals surface area contributed by atoms with Gasteiger partial charge in [0.1, 0.15) is 5.75 Å². The quantitative estimate of drug-likeness (QED) is 0.538. The lowest BCUT2D eigenvalue weighted by Crippen LogP contribution is -1.87. The molecule has 0 radical (unpaired) electrons. The van der Waals surface area contributed by atoms with Crippen LogP contribution in [-0.4, -0.2) is 7.11 Å². The van der Waals surface area contributed by atoms with E-state index in [9.17, 15) is 0 Å².